The van der Waals surface area contributed by atoms with E-state index in [0.717, 1.165) is 27.4 Å². The third kappa shape index (κ3) is 4.17. The average Bonchev–Trinajstić information content (AvgIpc) is 3.58. The van der Waals surface area contributed by atoms with Crippen LogP contribution in [0.25, 0.3) is 16.3 Å². The predicted octanol–water partition coefficient (Wildman–Crippen LogP) is 4.72. The van der Waals surface area contributed by atoms with Crippen LogP contribution in [-0.4, -0.2) is 41.7 Å². The Kier molecular flexibility index (Phi) is 5.51. The maximum Gasteiger partial charge on any atom is 0.247 e. The summed E-state index contributed by atoms with van der Waals surface area (Å²) < 4.78 is 33.9. The fraction of sp³-hybridized carbons (Fsp3) is 0.167. The molecule has 33 heavy (non-hydrogen) atoms. The van der Waals surface area contributed by atoms with Crippen LogP contribution in [0.4, 0.5) is 0 Å². The van der Waals surface area contributed by atoms with Gasteiger partial charge in [0, 0.05) is 23.7 Å². The number of hydrogen-bond acceptors (Lipinski definition) is 6. The third-order valence-electron chi connectivity index (χ3n) is 5.49. The number of benzene rings is 2. The van der Waals surface area contributed by atoms with E-state index in [1.54, 1.807) is 23.1 Å². The van der Waals surface area contributed by atoms with E-state index < -0.39 is 16.1 Å². The van der Waals surface area contributed by atoms with Crippen LogP contribution in [0.3, 0.4) is 0 Å². The molecular weight excluding hydrogens is 456 g/mol. The van der Waals surface area contributed by atoms with Crippen molar-refractivity contribution in [1.29, 1.82) is 0 Å². The summed E-state index contributed by atoms with van der Waals surface area (Å²) >= 11 is 1.57. The standard InChI is InChI=1S/C24H22N4O3S2/c1-31-19-11-6-8-17(14-19)21-15-22(28(25-21)33(2,29)30)20-16-27(18-9-4-3-5-10-18)26-24(20)23-12-7-13-32-23/h3-14,16,22H,15H2,1-2H3/t22-/m0/s1. The molecule has 168 valence electrons. The van der Waals surface area contributed by atoms with Gasteiger partial charge in [-0.2, -0.15) is 14.6 Å². The maximum atomic E-state index is 12.8. The molecule has 9 heteroatoms. The number of thiophene rings is 1. The third-order valence-corrected chi connectivity index (χ3v) is 7.38. The van der Waals surface area contributed by atoms with Crippen LogP contribution in [0.2, 0.25) is 0 Å². The first-order valence-electron chi connectivity index (χ1n) is 10.3. The molecule has 1 aliphatic heterocycles. The predicted molar refractivity (Wildman–Crippen MR) is 130 cm³/mol. The summed E-state index contributed by atoms with van der Waals surface area (Å²) in [6.45, 7) is 0. The fourth-order valence-corrected chi connectivity index (χ4v) is 5.58. The molecule has 7 nitrogen and oxygen atoms in total. The van der Waals surface area contributed by atoms with Crippen LogP contribution in [0.5, 0.6) is 5.75 Å². The highest BCUT2D eigenvalue weighted by Gasteiger charge is 2.37. The van der Waals surface area contributed by atoms with Crippen LogP contribution < -0.4 is 4.74 Å². The van der Waals surface area contributed by atoms with Crippen molar-refractivity contribution in [2.45, 2.75) is 12.5 Å². The zero-order valence-electron chi connectivity index (χ0n) is 18.1. The molecule has 0 saturated carbocycles. The van der Waals surface area contributed by atoms with Gasteiger partial charge >= 0.3 is 0 Å². The molecule has 4 aromatic rings. The van der Waals surface area contributed by atoms with Gasteiger partial charge in [0.2, 0.25) is 10.0 Å². The van der Waals surface area contributed by atoms with Gasteiger partial charge in [0.15, 0.2) is 0 Å². The summed E-state index contributed by atoms with van der Waals surface area (Å²) in [6, 6.07) is 20.7. The largest absolute Gasteiger partial charge is 0.497 e. The summed E-state index contributed by atoms with van der Waals surface area (Å²) in [7, 11) is -2.01. The minimum absolute atomic E-state index is 0.430. The van der Waals surface area contributed by atoms with E-state index in [2.05, 4.69) is 5.10 Å². The Morgan fingerprint density at radius 2 is 1.88 bits per heavy atom. The topological polar surface area (TPSA) is 76.8 Å². The molecule has 0 saturated heterocycles. The van der Waals surface area contributed by atoms with Gasteiger partial charge in [-0.05, 0) is 35.7 Å². The van der Waals surface area contributed by atoms with E-state index in [-0.39, 0.29) is 0 Å². The molecule has 0 unspecified atom stereocenters. The second-order valence-electron chi connectivity index (χ2n) is 7.72. The summed E-state index contributed by atoms with van der Waals surface area (Å²) in [5.74, 6) is 0.695. The van der Waals surface area contributed by atoms with Gasteiger partial charge in [0.1, 0.15) is 11.4 Å². The fourth-order valence-electron chi connectivity index (χ4n) is 3.95. The van der Waals surface area contributed by atoms with Crippen molar-refractivity contribution in [2.75, 3.05) is 13.4 Å². The van der Waals surface area contributed by atoms with Crippen molar-refractivity contribution >= 4 is 27.1 Å². The van der Waals surface area contributed by atoms with Crippen molar-refractivity contribution in [2.24, 2.45) is 5.10 Å². The number of nitrogens with zero attached hydrogens (tertiary/aromatic N) is 4. The Balaban J connectivity index is 1.62. The molecule has 0 aliphatic carbocycles. The number of sulfonamides is 1. The molecule has 0 bridgehead atoms. The number of hydrogen-bond donors (Lipinski definition) is 0. The highest BCUT2D eigenvalue weighted by atomic mass is 32.2. The number of methoxy groups -OCH3 is 1. The van der Waals surface area contributed by atoms with Crippen molar-refractivity contribution in [1.82, 2.24) is 14.2 Å². The lowest BCUT2D eigenvalue weighted by Crippen LogP contribution is -2.26. The van der Waals surface area contributed by atoms with E-state index in [4.69, 9.17) is 9.84 Å². The lowest BCUT2D eigenvalue weighted by molar-refractivity contribution is 0.375. The first-order valence-corrected chi connectivity index (χ1v) is 13.1. The minimum atomic E-state index is -3.62. The summed E-state index contributed by atoms with van der Waals surface area (Å²) in [6.07, 6.45) is 3.53. The van der Waals surface area contributed by atoms with E-state index in [0.29, 0.717) is 17.9 Å². The van der Waals surface area contributed by atoms with E-state index in [1.807, 2.05) is 78.3 Å². The monoisotopic (exact) mass is 478 g/mol. The molecule has 3 heterocycles. The van der Waals surface area contributed by atoms with Crippen LogP contribution in [0.15, 0.2) is 83.4 Å². The van der Waals surface area contributed by atoms with Gasteiger partial charge in [-0.1, -0.05) is 36.4 Å². The molecule has 0 amide bonds. The molecule has 0 fully saturated rings. The Morgan fingerprint density at radius 1 is 1.06 bits per heavy atom. The highest BCUT2D eigenvalue weighted by molar-refractivity contribution is 7.88. The second-order valence-corrected chi connectivity index (χ2v) is 10.5. The zero-order chi connectivity index (χ0) is 23.0. The molecule has 0 N–H and O–H groups in total. The Labute approximate surface area is 196 Å². The molecule has 1 aliphatic rings. The van der Waals surface area contributed by atoms with Crippen LogP contribution >= 0.6 is 11.3 Å². The van der Waals surface area contributed by atoms with Crippen LogP contribution in [0.1, 0.15) is 23.6 Å². The van der Waals surface area contributed by atoms with Crippen molar-refractivity contribution in [3.63, 3.8) is 0 Å². The van der Waals surface area contributed by atoms with Crippen molar-refractivity contribution in [3.8, 4) is 22.0 Å². The lowest BCUT2D eigenvalue weighted by Gasteiger charge is -2.20. The summed E-state index contributed by atoms with van der Waals surface area (Å²) in [4.78, 5) is 0.975. The lowest BCUT2D eigenvalue weighted by atomic mass is 9.99. The van der Waals surface area contributed by atoms with Gasteiger partial charge in [-0.25, -0.2) is 13.1 Å². The van der Waals surface area contributed by atoms with Gasteiger partial charge < -0.3 is 4.74 Å². The van der Waals surface area contributed by atoms with Crippen LogP contribution in [0, 0.1) is 0 Å². The molecule has 1 atom stereocenters. The van der Waals surface area contributed by atoms with Gasteiger partial charge in [-0.15, -0.1) is 11.3 Å². The molecule has 2 aromatic carbocycles. The highest BCUT2D eigenvalue weighted by Crippen LogP contribution is 2.40. The quantitative estimate of drug-likeness (QED) is 0.402. The van der Waals surface area contributed by atoms with E-state index >= 15 is 0 Å². The minimum Gasteiger partial charge on any atom is -0.497 e. The molecule has 5 rings (SSSR count). The summed E-state index contributed by atoms with van der Waals surface area (Å²) in [5.41, 5.74) is 4.00. The van der Waals surface area contributed by atoms with Crippen molar-refractivity contribution in [3.05, 3.63) is 89.4 Å². The van der Waals surface area contributed by atoms with E-state index in [1.165, 1.54) is 10.7 Å². The number of hydrazone groups is 1. The number of ether oxygens (including phenoxy) is 1. The Hall–Kier alpha value is -3.43. The van der Waals surface area contributed by atoms with Gasteiger partial charge in [0.25, 0.3) is 0 Å². The number of rotatable bonds is 6. The van der Waals surface area contributed by atoms with Crippen molar-refractivity contribution < 1.29 is 13.2 Å². The zero-order valence-corrected chi connectivity index (χ0v) is 19.8. The number of aromatic nitrogens is 2. The average molecular weight is 479 g/mol. The SMILES string of the molecule is COc1cccc(C2=NN(S(C)(=O)=O)[C@H](c3cn(-c4ccccc4)nc3-c3cccs3)C2)c1. The molecule has 0 spiro atoms. The van der Waals surface area contributed by atoms with Gasteiger partial charge in [0.05, 0.1) is 35.7 Å². The normalized spacial score (nSPS) is 16.1. The number of para-hydroxylation sites is 1. The first kappa shape index (κ1) is 21.4. The molecular formula is C24H22N4O3S2. The molecule has 0 radical (unpaired) electrons. The van der Waals surface area contributed by atoms with Crippen LogP contribution in [-0.2, 0) is 10.0 Å². The second kappa shape index (κ2) is 8.49. The summed E-state index contributed by atoms with van der Waals surface area (Å²) in [5, 5.41) is 11.4. The smallest absolute Gasteiger partial charge is 0.247 e. The molecule has 2 aromatic heterocycles. The Morgan fingerprint density at radius 3 is 2.58 bits per heavy atom. The van der Waals surface area contributed by atoms with E-state index in [9.17, 15) is 8.42 Å². The van der Waals surface area contributed by atoms with Gasteiger partial charge in [-0.3, -0.25) is 0 Å². The first-order chi connectivity index (χ1) is 15.9. The Bertz CT molecular complexity index is 1410. The maximum absolute atomic E-state index is 12.8.